The molecule has 3 N–H and O–H groups in total. The number of amides is 6. The van der Waals surface area contributed by atoms with Crippen LogP contribution in [0.3, 0.4) is 0 Å². The second kappa shape index (κ2) is 5.74. The molecule has 2 aliphatic carbocycles. The lowest BCUT2D eigenvalue weighted by atomic mass is 9.55. The highest BCUT2D eigenvalue weighted by molar-refractivity contribution is 6.03. The number of fused-ring (bicyclic) bond motifs is 12. The monoisotopic (exact) mass is 454 g/mol. The van der Waals surface area contributed by atoms with Gasteiger partial charge >= 0.3 is 18.0 Å². The standard InChI is InChI=1S/C21H18N4O8/c1-25-12-9(18(27)24-21(25)30)6-4-3-5-7-8-11(22-20(29)23-17(8)26)15(7)32-13(5)16(31-2)14(4)33-19(28)10(6)12/h3,6-12,15H,1-2H3,(H,24,27,30)(H2,22,23,26,29). The summed E-state index contributed by atoms with van der Waals surface area (Å²) < 4.78 is 17.3. The Hall–Kier alpha value is -3.83. The summed E-state index contributed by atoms with van der Waals surface area (Å²) in [5.41, 5.74) is 1.33. The maximum atomic E-state index is 12.9. The molecule has 12 heteroatoms. The number of carbonyl (C=O) groups excluding carboxylic acids is 5. The van der Waals surface area contributed by atoms with Crippen molar-refractivity contribution in [2.45, 2.75) is 30.0 Å². The molecule has 6 aliphatic rings. The summed E-state index contributed by atoms with van der Waals surface area (Å²) in [6.07, 6.45) is -0.458. The molecule has 4 aliphatic heterocycles. The fourth-order valence-corrected chi connectivity index (χ4v) is 6.60. The van der Waals surface area contributed by atoms with Crippen LogP contribution in [0.25, 0.3) is 0 Å². The number of rotatable bonds is 1. The predicted octanol–water partition coefficient (Wildman–Crippen LogP) is -0.824. The third-order valence-corrected chi connectivity index (χ3v) is 8.03. The summed E-state index contributed by atoms with van der Waals surface area (Å²) in [5.74, 6) is -3.21. The Morgan fingerprint density at radius 2 is 1.64 bits per heavy atom. The van der Waals surface area contributed by atoms with Crippen molar-refractivity contribution in [1.82, 2.24) is 20.9 Å². The number of nitrogens with zero attached hydrogens (tertiary/aromatic N) is 1. The van der Waals surface area contributed by atoms with E-state index in [-0.39, 0.29) is 23.3 Å². The van der Waals surface area contributed by atoms with Crippen molar-refractivity contribution < 1.29 is 38.2 Å². The number of nitrogens with one attached hydrogen (secondary N) is 3. The van der Waals surface area contributed by atoms with E-state index in [9.17, 15) is 24.0 Å². The Morgan fingerprint density at radius 3 is 2.39 bits per heavy atom. The molecule has 0 aromatic heterocycles. The molecule has 0 radical (unpaired) electrons. The summed E-state index contributed by atoms with van der Waals surface area (Å²) in [6, 6.07) is -0.358. The van der Waals surface area contributed by atoms with Crippen LogP contribution in [-0.2, 0) is 14.4 Å². The molecule has 1 aromatic rings. The summed E-state index contributed by atoms with van der Waals surface area (Å²) in [7, 11) is 2.97. The molecule has 4 fully saturated rings. The molecule has 8 atom stereocenters. The van der Waals surface area contributed by atoms with Crippen molar-refractivity contribution in [3.8, 4) is 17.2 Å². The van der Waals surface area contributed by atoms with E-state index in [2.05, 4.69) is 16.0 Å². The highest BCUT2D eigenvalue weighted by Gasteiger charge is 2.67. The van der Waals surface area contributed by atoms with Crippen LogP contribution >= 0.6 is 0 Å². The molecule has 1 aromatic carbocycles. The Bertz CT molecular complexity index is 1230. The van der Waals surface area contributed by atoms with E-state index in [1.807, 2.05) is 6.07 Å². The van der Waals surface area contributed by atoms with Gasteiger partial charge in [-0.25, -0.2) is 9.59 Å². The van der Waals surface area contributed by atoms with E-state index in [4.69, 9.17) is 14.2 Å². The first-order chi connectivity index (χ1) is 15.8. The molecule has 8 unspecified atom stereocenters. The van der Waals surface area contributed by atoms with Gasteiger partial charge in [0.05, 0.1) is 36.9 Å². The highest BCUT2D eigenvalue weighted by Crippen LogP contribution is 2.64. The fraction of sp³-hybridized carbons (Fsp3) is 0.476. The molecular weight excluding hydrogens is 436 g/mol. The van der Waals surface area contributed by atoms with Gasteiger partial charge in [-0.3, -0.25) is 25.0 Å². The first-order valence-corrected chi connectivity index (χ1v) is 10.6. The summed E-state index contributed by atoms with van der Waals surface area (Å²) in [4.78, 5) is 63.4. The lowest BCUT2D eigenvalue weighted by molar-refractivity contribution is -0.160. The van der Waals surface area contributed by atoms with Gasteiger partial charge in [-0.1, -0.05) is 0 Å². The SMILES string of the molecule is COc1c2c(cc3c1OC(=O)C1C3C3C(=O)NC(=O)N(C)C31)C1C(O2)C2NC(=O)NC(=O)C21. The van der Waals surface area contributed by atoms with Crippen LogP contribution in [0.2, 0.25) is 0 Å². The maximum Gasteiger partial charge on any atom is 0.324 e. The van der Waals surface area contributed by atoms with Crippen LogP contribution in [-0.4, -0.2) is 67.1 Å². The third-order valence-electron chi connectivity index (χ3n) is 8.03. The van der Waals surface area contributed by atoms with Gasteiger partial charge in [-0.2, -0.15) is 0 Å². The quantitative estimate of drug-likeness (QED) is 0.368. The van der Waals surface area contributed by atoms with Crippen molar-refractivity contribution in [3.63, 3.8) is 0 Å². The summed E-state index contributed by atoms with van der Waals surface area (Å²) in [6.45, 7) is 0. The molecule has 33 heavy (non-hydrogen) atoms. The molecule has 170 valence electrons. The second-order valence-electron chi connectivity index (χ2n) is 9.26. The third kappa shape index (κ3) is 2.00. The van der Waals surface area contributed by atoms with E-state index in [0.717, 1.165) is 0 Å². The van der Waals surface area contributed by atoms with Crippen LogP contribution < -0.4 is 30.2 Å². The number of esters is 1. The minimum absolute atomic E-state index is 0.186. The average molecular weight is 454 g/mol. The minimum Gasteiger partial charge on any atom is -0.490 e. The van der Waals surface area contributed by atoms with Crippen LogP contribution in [0.1, 0.15) is 23.0 Å². The van der Waals surface area contributed by atoms with Gasteiger partial charge in [0.15, 0.2) is 11.5 Å². The van der Waals surface area contributed by atoms with E-state index in [1.54, 1.807) is 7.05 Å². The topological polar surface area (TPSA) is 152 Å². The molecule has 4 heterocycles. The number of hydrogen-bond acceptors (Lipinski definition) is 8. The zero-order chi connectivity index (χ0) is 22.9. The minimum atomic E-state index is -0.685. The molecule has 7 rings (SSSR count). The number of hydrogen-bond donors (Lipinski definition) is 3. The van der Waals surface area contributed by atoms with Crippen LogP contribution in [0.4, 0.5) is 9.59 Å². The first kappa shape index (κ1) is 18.7. The second-order valence-corrected chi connectivity index (χ2v) is 9.26. The zero-order valence-electron chi connectivity index (χ0n) is 17.4. The van der Waals surface area contributed by atoms with Gasteiger partial charge in [0.1, 0.15) is 6.10 Å². The highest BCUT2D eigenvalue weighted by atomic mass is 16.6. The lowest BCUT2D eigenvalue weighted by Crippen LogP contribution is -2.72. The van der Waals surface area contributed by atoms with Crippen LogP contribution in [0, 0.1) is 17.8 Å². The van der Waals surface area contributed by atoms with Gasteiger partial charge in [-0.15, -0.1) is 0 Å². The molecule has 0 spiro atoms. The van der Waals surface area contributed by atoms with Crippen molar-refractivity contribution in [3.05, 3.63) is 17.2 Å². The molecular formula is C21H18N4O8. The van der Waals surface area contributed by atoms with Gasteiger partial charge < -0.3 is 24.4 Å². The number of urea groups is 2. The van der Waals surface area contributed by atoms with E-state index < -0.39 is 65.8 Å². The van der Waals surface area contributed by atoms with Crippen LogP contribution in [0.15, 0.2) is 6.07 Å². The van der Waals surface area contributed by atoms with Crippen molar-refractivity contribution in [2.24, 2.45) is 17.8 Å². The summed E-state index contributed by atoms with van der Waals surface area (Å²) in [5, 5.41) is 7.37. The normalized spacial score (nSPS) is 38.8. The maximum absolute atomic E-state index is 12.9. The largest absolute Gasteiger partial charge is 0.490 e. The molecule has 0 bridgehead atoms. The Labute approximate surface area is 185 Å². The van der Waals surface area contributed by atoms with Gasteiger partial charge in [0, 0.05) is 30.0 Å². The van der Waals surface area contributed by atoms with Gasteiger partial charge in [0.25, 0.3) is 0 Å². The first-order valence-electron chi connectivity index (χ1n) is 10.6. The Balaban J connectivity index is 1.35. The lowest BCUT2D eigenvalue weighted by Gasteiger charge is -2.56. The Kier molecular flexibility index (Phi) is 3.26. The Morgan fingerprint density at radius 1 is 0.909 bits per heavy atom. The van der Waals surface area contributed by atoms with Crippen molar-refractivity contribution in [2.75, 3.05) is 14.2 Å². The number of ether oxygens (including phenoxy) is 3. The molecule has 12 nitrogen and oxygen atoms in total. The number of carbonyl (C=O) groups is 5. The average Bonchev–Trinajstić information content (AvgIpc) is 3.03. The number of methoxy groups -OCH3 is 1. The van der Waals surface area contributed by atoms with E-state index in [1.165, 1.54) is 12.0 Å². The fourth-order valence-electron chi connectivity index (χ4n) is 6.60. The smallest absolute Gasteiger partial charge is 0.324 e. The number of benzene rings is 1. The van der Waals surface area contributed by atoms with Gasteiger partial charge in [-0.05, 0) is 6.07 Å². The number of imide groups is 2. The zero-order valence-corrected chi connectivity index (χ0v) is 17.4. The van der Waals surface area contributed by atoms with Crippen LogP contribution in [0.5, 0.6) is 17.2 Å². The molecule has 2 saturated heterocycles. The van der Waals surface area contributed by atoms with Crippen molar-refractivity contribution >= 4 is 29.8 Å². The van der Waals surface area contributed by atoms with E-state index >= 15 is 0 Å². The summed E-state index contributed by atoms with van der Waals surface area (Å²) >= 11 is 0. The van der Waals surface area contributed by atoms with Gasteiger partial charge in [0.2, 0.25) is 17.6 Å². The molecule has 2 saturated carbocycles. The predicted molar refractivity (Wildman–Crippen MR) is 105 cm³/mol. The van der Waals surface area contributed by atoms with Crippen molar-refractivity contribution in [1.29, 1.82) is 0 Å². The van der Waals surface area contributed by atoms with E-state index in [0.29, 0.717) is 16.9 Å². The molecule has 6 amide bonds.